The Labute approximate surface area is 168 Å². The second-order valence-electron chi connectivity index (χ2n) is 6.44. The molecular formula is C20H18BrN5O2. The average molecular weight is 440 g/mol. The van der Waals surface area contributed by atoms with Gasteiger partial charge in [0.2, 0.25) is 0 Å². The molecule has 0 spiro atoms. The van der Waals surface area contributed by atoms with E-state index in [-0.39, 0.29) is 12.1 Å². The lowest BCUT2D eigenvalue weighted by atomic mass is 10.1. The minimum Gasteiger partial charge on any atom is -0.309 e. The Bertz CT molecular complexity index is 1340. The van der Waals surface area contributed by atoms with E-state index >= 15 is 0 Å². The van der Waals surface area contributed by atoms with Crippen LogP contribution in [0.25, 0.3) is 21.9 Å². The molecule has 0 saturated carbocycles. The highest BCUT2D eigenvalue weighted by Gasteiger charge is 2.19. The van der Waals surface area contributed by atoms with E-state index in [9.17, 15) is 9.59 Å². The van der Waals surface area contributed by atoms with Crippen molar-refractivity contribution in [2.75, 3.05) is 0 Å². The number of nitrogens with zero attached hydrogens (tertiary/aromatic N) is 5. The molecule has 1 aromatic carbocycles. The lowest BCUT2D eigenvalue weighted by Crippen LogP contribution is -2.40. The second-order valence-corrected chi connectivity index (χ2v) is 7.15. The molecule has 0 aliphatic heterocycles. The molecule has 28 heavy (non-hydrogen) atoms. The van der Waals surface area contributed by atoms with Gasteiger partial charge in [0.25, 0.3) is 5.56 Å². The van der Waals surface area contributed by atoms with Crippen LogP contribution >= 0.6 is 15.9 Å². The van der Waals surface area contributed by atoms with Crippen LogP contribution in [0.15, 0.2) is 63.0 Å². The molecule has 142 valence electrons. The molecule has 0 aliphatic rings. The summed E-state index contributed by atoms with van der Waals surface area (Å²) in [6, 6.07) is 9.69. The molecule has 4 rings (SSSR count). The van der Waals surface area contributed by atoms with Gasteiger partial charge in [0, 0.05) is 25.2 Å². The first kappa shape index (κ1) is 18.4. The molecule has 0 amide bonds. The van der Waals surface area contributed by atoms with E-state index < -0.39 is 5.69 Å². The lowest BCUT2D eigenvalue weighted by Gasteiger charge is -2.10. The number of pyridine rings is 1. The fourth-order valence-electron chi connectivity index (χ4n) is 3.32. The van der Waals surface area contributed by atoms with Crippen LogP contribution in [-0.4, -0.2) is 23.7 Å². The van der Waals surface area contributed by atoms with Crippen LogP contribution in [0.5, 0.6) is 0 Å². The van der Waals surface area contributed by atoms with E-state index in [0.29, 0.717) is 28.1 Å². The monoisotopic (exact) mass is 439 g/mol. The molecule has 4 aromatic rings. The van der Waals surface area contributed by atoms with E-state index in [1.165, 1.54) is 9.13 Å². The summed E-state index contributed by atoms with van der Waals surface area (Å²) < 4.78 is 4.88. The van der Waals surface area contributed by atoms with Gasteiger partial charge in [-0.1, -0.05) is 36.4 Å². The zero-order valence-corrected chi connectivity index (χ0v) is 17.0. The first-order chi connectivity index (χ1) is 13.5. The first-order valence-corrected chi connectivity index (χ1v) is 9.61. The standard InChI is InChI=1S/C20H18BrN5O2/c1-3-4-11-25-16-17(23-19(25)21)24(2)20(28)26(18(16)27)12-15-14-8-6-5-7-13(14)9-10-22-15/h3-10H,11-12H2,1-2H3/b4-3+. The quantitative estimate of drug-likeness (QED) is 0.361. The number of aryl methyl sites for hydroxylation is 1. The van der Waals surface area contributed by atoms with Gasteiger partial charge in [0.1, 0.15) is 0 Å². The summed E-state index contributed by atoms with van der Waals surface area (Å²) in [5, 5.41) is 1.93. The summed E-state index contributed by atoms with van der Waals surface area (Å²) >= 11 is 3.40. The molecular weight excluding hydrogens is 422 g/mol. The van der Waals surface area contributed by atoms with Gasteiger partial charge in [-0.3, -0.25) is 18.9 Å². The largest absolute Gasteiger partial charge is 0.332 e. The van der Waals surface area contributed by atoms with Gasteiger partial charge in [-0.15, -0.1) is 0 Å². The maximum absolute atomic E-state index is 13.3. The molecule has 8 heteroatoms. The van der Waals surface area contributed by atoms with Crippen molar-refractivity contribution in [3.8, 4) is 0 Å². The molecule has 0 saturated heterocycles. The molecule has 0 radical (unpaired) electrons. The molecule has 0 unspecified atom stereocenters. The highest BCUT2D eigenvalue weighted by atomic mass is 79.9. The highest BCUT2D eigenvalue weighted by molar-refractivity contribution is 9.10. The number of hydrogen-bond donors (Lipinski definition) is 0. The van der Waals surface area contributed by atoms with E-state index in [4.69, 9.17) is 0 Å². The number of benzene rings is 1. The number of allylic oxidation sites excluding steroid dienone is 2. The summed E-state index contributed by atoms with van der Waals surface area (Å²) in [6.45, 7) is 2.48. The maximum atomic E-state index is 13.3. The molecule has 0 atom stereocenters. The highest BCUT2D eigenvalue weighted by Crippen LogP contribution is 2.18. The van der Waals surface area contributed by atoms with Gasteiger partial charge in [0.15, 0.2) is 15.9 Å². The summed E-state index contributed by atoms with van der Waals surface area (Å²) in [4.78, 5) is 34.9. The third-order valence-electron chi connectivity index (χ3n) is 4.77. The second kappa shape index (κ2) is 7.20. The third-order valence-corrected chi connectivity index (χ3v) is 5.38. The van der Waals surface area contributed by atoms with Gasteiger partial charge in [-0.25, -0.2) is 9.78 Å². The molecule has 0 bridgehead atoms. The van der Waals surface area contributed by atoms with Crippen molar-refractivity contribution in [2.45, 2.75) is 20.0 Å². The van der Waals surface area contributed by atoms with E-state index in [1.807, 2.05) is 49.4 Å². The number of rotatable bonds is 4. The van der Waals surface area contributed by atoms with Crippen molar-refractivity contribution < 1.29 is 0 Å². The number of imidazole rings is 1. The lowest BCUT2D eigenvalue weighted by molar-refractivity contribution is 0.647. The van der Waals surface area contributed by atoms with Gasteiger partial charge < -0.3 is 4.57 Å². The van der Waals surface area contributed by atoms with Crippen LogP contribution in [0.2, 0.25) is 0 Å². The minimum absolute atomic E-state index is 0.0925. The number of hydrogen-bond acceptors (Lipinski definition) is 4. The van der Waals surface area contributed by atoms with Crippen LogP contribution in [0.1, 0.15) is 12.6 Å². The Hall–Kier alpha value is -3.00. The van der Waals surface area contributed by atoms with E-state index in [2.05, 4.69) is 25.9 Å². The Morgan fingerprint density at radius 2 is 1.93 bits per heavy atom. The minimum atomic E-state index is -0.421. The molecule has 7 nitrogen and oxygen atoms in total. The van der Waals surface area contributed by atoms with Gasteiger partial charge in [0.05, 0.1) is 12.2 Å². The number of fused-ring (bicyclic) bond motifs is 2. The topological polar surface area (TPSA) is 74.7 Å². The Kier molecular flexibility index (Phi) is 4.72. The van der Waals surface area contributed by atoms with Crippen molar-refractivity contribution in [1.82, 2.24) is 23.7 Å². The molecule has 0 aliphatic carbocycles. The van der Waals surface area contributed by atoms with Gasteiger partial charge in [-0.05, 0) is 34.3 Å². The number of halogens is 1. The predicted molar refractivity (Wildman–Crippen MR) is 113 cm³/mol. The fraction of sp³-hybridized carbons (Fsp3) is 0.200. The fourth-order valence-corrected chi connectivity index (χ4v) is 3.81. The molecule has 0 fully saturated rings. The van der Waals surface area contributed by atoms with Crippen molar-refractivity contribution in [1.29, 1.82) is 0 Å². The summed E-state index contributed by atoms with van der Waals surface area (Å²) in [5.74, 6) is 0. The SMILES string of the molecule is C/C=C/Cn1c(Br)nc2c1c(=O)n(Cc1nccc3ccccc13)c(=O)n2C. The first-order valence-electron chi connectivity index (χ1n) is 8.82. The van der Waals surface area contributed by atoms with Crippen LogP contribution in [0, 0.1) is 0 Å². The third kappa shape index (κ3) is 2.90. The zero-order valence-electron chi connectivity index (χ0n) is 15.5. The average Bonchev–Trinajstić information content (AvgIpc) is 3.04. The smallest absolute Gasteiger partial charge is 0.309 e. The summed E-state index contributed by atoms with van der Waals surface area (Å²) in [7, 11) is 1.62. The van der Waals surface area contributed by atoms with Crippen molar-refractivity contribution in [3.63, 3.8) is 0 Å². The molecule has 0 N–H and O–H groups in total. The number of aromatic nitrogens is 5. The van der Waals surface area contributed by atoms with Crippen molar-refractivity contribution in [3.05, 3.63) is 79.9 Å². The van der Waals surface area contributed by atoms with E-state index in [0.717, 1.165) is 10.8 Å². The molecule has 3 heterocycles. The Morgan fingerprint density at radius 1 is 1.14 bits per heavy atom. The van der Waals surface area contributed by atoms with E-state index in [1.54, 1.807) is 17.8 Å². The summed E-state index contributed by atoms with van der Waals surface area (Å²) in [5.41, 5.74) is 0.613. The zero-order chi connectivity index (χ0) is 19.8. The maximum Gasteiger partial charge on any atom is 0.332 e. The van der Waals surface area contributed by atoms with Gasteiger partial charge in [-0.2, -0.15) is 0 Å². The molecule has 3 aromatic heterocycles. The normalized spacial score (nSPS) is 11.8. The van der Waals surface area contributed by atoms with Gasteiger partial charge >= 0.3 is 5.69 Å². The van der Waals surface area contributed by atoms with Crippen LogP contribution in [-0.2, 0) is 20.1 Å². The van der Waals surface area contributed by atoms with Crippen LogP contribution < -0.4 is 11.2 Å². The van der Waals surface area contributed by atoms with Crippen LogP contribution in [0.4, 0.5) is 0 Å². The summed E-state index contributed by atoms with van der Waals surface area (Å²) in [6.07, 6.45) is 5.52. The Morgan fingerprint density at radius 3 is 2.71 bits per heavy atom. The van der Waals surface area contributed by atoms with Crippen molar-refractivity contribution in [2.24, 2.45) is 7.05 Å². The predicted octanol–water partition coefficient (Wildman–Crippen LogP) is 2.83. The Balaban J connectivity index is 1.97. The van der Waals surface area contributed by atoms with Crippen molar-refractivity contribution >= 4 is 37.9 Å². The van der Waals surface area contributed by atoms with Crippen LogP contribution in [0.3, 0.4) is 0 Å².